The first-order valence-electron chi connectivity index (χ1n) is 15.0. The number of benzene rings is 2. The summed E-state index contributed by atoms with van der Waals surface area (Å²) in [5.41, 5.74) is 1.98. The summed E-state index contributed by atoms with van der Waals surface area (Å²) < 4.78 is 0. The fourth-order valence-corrected chi connectivity index (χ4v) is 6.20. The Morgan fingerprint density at radius 1 is 1.12 bits per heavy atom. The first-order chi connectivity index (χ1) is 20.2. The highest BCUT2D eigenvalue weighted by molar-refractivity contribution is 6.07. The highest BCUT2D eigenvalue weighted by Crippen LogP contribution is 2.47. The smallest absolute Gasteiger partial charge is 0.302 e. The van der Waals surface area contributed by atoms with E-state index in [1.54, 1.807) is 26.0 Å². The normalized spacial score (nSPS) is 20.8. The molecule has 1 saturated heterocycles. The van der Waals surface area contributed by atoms with Crippen LogP contribution in [0, 0.1) is 12.5 Å². The lowest BCUT2D eigenvalue weighted by molar-refractivity contribution is -0.147. The van der Waals surface area contributed by atoms with Gasteiger partial charge in [0.15, 0.2) is 0 Å². The molecule has 2 heterocycles. The minimum atomic E-state index is -1.01. The van der Waals surface area contributed by atoms with Crippen LogP contribution >= 0.6 is 0 Å². The van der Waals surface area contributed by atoms with Gasteiger partial charge in [-0.1, -0.05) is 65.0 Å². The van der Waals surface area contributed by atoms with Crippen LogP contribution in [0.2, 0.25) is 0 Å². The van der Waals surface area contributed by atoms with E-state index < -0.39 is 23.7 Å². The van der Waals surface area contributed by atoms with Crippen molar-refractivity contribution >= 4 is 29.3 Å². The van der Waals surface area contributed by atoms with E-state index >= 15 is 0 Å². The Morgan fingerprint density at radius 2 is 1.77 bits per heavy atom. The lowest BCUT2D eigenvalue weighted by atomic mass is 9.80. The lowest BCUT2D eigenvalue weighted by Gasteiger charge is -2.35. The molecule has 1 spiro atoms. The molecular formula is C34H43N5O4. The first kappa shape index (κ1) is 31.7. The standard InChI is InChI=1S/C34H43N5O4/c1-9-38(30(41)22(4)36-29(40)23-14-16-24(17-15-23)33(5,6)7)27(18-21(2)3)31(42)39-20-34(19-28(39)35-8)25-12-10-11-13-26(25)37-32(34)43/h10-17,21-22,27-28H,9,18-20H2,1-7H3,(H,36,40)(H,37,43)/t22-,27-,28-,34-/m0/s1. The number of anilines is 1. The van der Waals surface area contributed by atoms with Gasteiger partial charge < -0.3 is 15.5 Å². The fraction of sp³-hybridized carbons (Fsp3) is 0.500. The zero-order valence-corrected chi connectivity index (χ0v) is 26.2. The molecule has 1 fully saturated rings. The van der Waals surface area contributed by atoms with Gasteiger partial charge in [0.05, 0.1) is 6.42 Å². The second kappa shape index (κ2) is 12.2. The van der Waals surface area contributed by atoms with Crippen LogP contribution in [0.15, 0.2) is 48.5 Å². The van der Waals surface area contributed by atoms with Crippen molar-refractivity contribution < 1.29 is 19.2 Å². The van der Waals surface area contributed by atoms with Gasteiger partial charge in [0.1, 0.15) is 17.5 Å². The number of hydrogen-bond acceptors (Lipinski definition) is 4. The number of para-hydroxylation sites is 1. The zero-order valence-electron chi connectivity index (χ0n) is 26.2. The van der Waals surface area contributed by atoms with Crippen LogP contribution in [0.5, 0.6) is 0 Å². The fourth-order valence-electron chi connectivity index (χ4n) is 6.20. The molecule has 9 heteroatoms. The van der Waals surface area contributed by atoms with Gasteiger partial charge in [0.2, 0.25) is 11.8 Å². The largest absolute Gasteiger partial charge is 0.341 e. The number of hydrogen-bond donors (Lipinski definition) is 2. The molecule has 4 rings (SSSR count). The number of carbonyl (C=O) groups excluding carboxylic acids is 4. The molecule has 9 nitrogen and oxygen atoms in total. The summed E-state index contributed by atoms with van der Waals surface area (Å²) in [5, 5.41) is 5.73. The molecule has 0 radical (unpaired) electrons. The first-order valence-corrected chi connectivity index (χ1v) is 15.0. The van der Waals surface area contributed by atoms with Crippen molar-refractivity contribution in [3.63, 3.8) is 0 Å². The molecule has 2 N–H and O–H groups in total. The Bertz CT molecular complexity index is 1440. The maximum atomic E-state index is 14.3. The SMILES string of the molecule is [C-]#[N+][C@@H]1C[C@@]2(CN1C(=O)[C@H](CC(C)C)N(CC)C(=O)[C@H](C)NC(=O)c1ccc(C(C)(C)C)cc1)C(=O)Nc1ccccc12. The lowest BCUT2D eigenvalue weighted by Crippen LogP contribution is -2.56. The van der Waals surface area contributed by atoms with Crippen LogP contribution in [0.1, 0.15) is 82.8 Å². The molecule has 0 aliphatic carbocycles. The third kappa shape index (κ3) is 6.15. The number of rotatable bonds is 8. The second-order valence-electron chi connectivity index (χ2n) is 13.2. The van der Waals surface area contributed by atoms with E-state index in [0.29, 0.717) is 17.7 Å². The van der Waals surface area contributed by atoms with Gasteiger partial charge in [-0.25, -0.2) is 6.57 Å². The van der Waals surface area contributed by atoms with E-state index in [2.05, 4.69) is 36.2 Å². The van der Waals surface area contributed by atoms with Crippen molar-refractivity contribution in [1.82, 2.24) is 15.1 Å². The van der Waals surface area contributed by atoms with Crippen molar-refractivity contribution in [3.8, 4) is 0 Å². The van der Waals surface area contributed by atoms with Crippen LogP contribution in [0.25, 0.3) is 4.85 Å². The number of likely N-dealkylation sites (N-methyl/N-ethyl adjacent to an activating group) is 1. The van der Waals surface area contributed by atoms with E-state index in [1.165, 1.54) is 9.80 Å². The van der Waals surface area contributed by atoms with Crippen molar-refractivity contribution in [2.75, 3.05) is 18.4 Å². The predicted molar refractivity (Wildman–Crippen MR) is 166 cm³/mol. The summed E-state index contributed by atoms with van der Waals surface area (Å²) in [6.07, 6.45) is -0.259. The van der Waals surface area contributed by atoms with E-state index in [1.807, 2.05) is 50.2 Å². The highest BCUT2D eigenvalue weighted by atomic mass is 16.2. The Labute approximate surface area is 254 Å². The van der Waals surface area contributed by atoms with Gasteiger partial charge in [-0.05, 0) is 60.9 Å². The average molecular weight is 586 g/mol. The van der Waals surface area contributed by atoms with Crippen molar-refractivity contribution in [1.29, 1.82) is 0 Å². The number of fused-ring (bicyclic) bond motifs is 2. The van der Waals surface area contributed by atoms with E-state index in [-0.39, 0.29) is 54.5 Å². The number of nitrogens with one attached hydrogen (secondary N) is 2. The van der Waals surface area contributed by atoms with Gasteiger partial charge in [-0.2, -0.15) is 0 Å². The predicted octanol–water partition coefficient (Wildman–Crippen LogP) is 4.73. The van der Waals surface area contributed by atoms with Crippen molar-refractivity contribution in [3.05, 3.63) is 76.6 Å². The molecule has 4 amide bonds. The molecule has 0 bridgehead atoms. The second-order valence-corrected chi connectivity index (χ2v) is 13.2. The van der Waals surface area contributed by atoms with Crippen molar-refractivity contribution in [2.45, 2.75) is 90.4 Å². The van der Waals surface area contributed by atoms with Gasteiger partial charge >= 0.3 is 6.17 Å². The topological polar surface area (TPSA) is 103 Å². The van der Waals surface area contributed by atoms with E-state index in [9.17, 15) is 19.2 Å². The minimum Gasteiger partial charge on any atom is -0.341 e. The van der Waals surface area contributed by atoms with Gasteiger partial charge in [-0.15, -0.1) is 0 Å². The monoisotopic (exact) mass is 585 g/mol. The summed E-state index contributed by atoms with van der Waals surface area (Å²) in [6.45, 7) is 21.9. The average Bonchev–Trinajstić information content (AvgIpc) is 3.49. The van der Waals surface area contributed by atoms with Gasteiger partial charge in [-0.3, -0.25) is 28.9 Å². The molecular weight excluding hydrogens is 542 g/mol. The molecule has 228 valence electrons. The van der Waals surface area contributed by atoms with E-state index in [4.69, 9.17) is 6.57 Å². The van der Waals surface area contributed by atoms with Crippen LogP contribution in [0.3, 0.4) is 0 Å². The van der Waals surface area contributed by atoms with Crippen LogP contribution in [-0.4, -0.2) is 64.8 Å². The number of likely N-dealkylation sites (tertiary alicyclic amines) is 1. The van der Waals surface area contributed by atoms with Gasteiger partial charge in [0, 0.05) is 24.3 Å². The number of nitrogens with zero attached hydrogens (tertiary/aromatic N) is 3. The number of carbonyl (C=O) groups is 4. The Hall–Kier alpha value is -4.19. The van der Waals surface area contributed by atoms with Crippen LogP contribution < -0.4 is 10.6 Å². The molecule has 4 atom stereocenters. The molecule has 43 heavy (non-hydrogen) atoms. The molecule has 2 aromatic carbocycles. The summed E-state index contributed by atoms with van der Waals surface area (Å²) in [6, 6.07) is 13.0. The molecule has 2 aliphatic rings. The molecule has 2 aliphatic heterocycles. The molecule has 0 aromatic heterocycles. The molecule has 0 saturated carbocycles. The van der Waals surface area contributed by atoms with Crippen molar-refractivity contribution in [2.24, 2.45) is 5.92 Å². The maximum Gasteiger partial charge on any atom is 0.302 e. The van der Waals surface area contributed by atoms with Gasteiger partial charge in [0.25, 0.3) is 11.8 Å². The summed E-state index contributed by atoms with van der Waals surface area (Å²) in [5.74, 6) is -1.24. The quantitative estimate of drug-likeness (QED) is 0.437. The van der Waals surface area contributed by atoms with Crippen LogP contribution in [-0.2, 0) is 25.2 Å². The van der Waals surface area contributed by atoms with E-state index in [0.717, 1.165) is 11.1 Å². The zero-order chi connectivity index (χ0) is 31.7. The van der Waals surface area contributed by atoms with Crippen LogP contribution in [0.4, 0.5) is 5.69 Å². The third-order valence-electron chi connectivity index (χ3n) is 8.60. The summed E-state index contributed by atoms with van der Waals surface area (Å²) in [7, 11) is 0. The summed E-state index contributed by atoms with van der Waals surface area (Å²) in [4.78, 5) is 61.1. The third-order valence-corrected chi connectivity index (χ3v) is 8.60. The highest BCUT2D eigenvalue weighted by Gasteiger charge is 2.59. The molecule has 0 unspecified atom stereocenters. The maximum absolute atomic E-state index is 14.3. The Kier molecular flexibility index (Phi) is 9.00. The molecule has 2 aromatic rings. The summed E-state index contributed by atoms with van der Waals surface area (Å²) >= 11 is 0. The Morgan fingerprint density at radius 3 is 2.35 bits per heavy atom. The minimum absolute atomic E-state index is 0.0515. The Balaban J connectivity index is 1.56. The number of amides is 4.